The quantitative estimate of drug-likeness (QED) is 0.428. The van der Waals surface area contributed by atoms with Gasteiger partial charge in [-0.15, -0.1) is 0 Å². The van der Waals surface area contributed by atoms with Crippen LogP contribution >= 0.6 is 15.9 Å². The van der Waals surface area contributed by atoms with E-state index in [2.05, 4.69) is 37.0 Å². The summed E-state index contributed by atoms with van der Waals surface area (Å²) in [5, 5.41) is 7.25. The minimum Gasteiger partial charge on any atom is -0.493 e. The van der Waals surface area contributed by atoms with Gasteiger partial charge in [-0.1, -0.05) is 12.1 Å². The van der Waals surface area contributed by atoms with Crippen LogP contribution in [0.1, 0.15) is 11.3 Å². The number of anilines is 1. The van der Waals surface area contributed by atoms with Crippen molar-refractivity contribution in [1.82, 2.24) is 15.6 Å². The Morgan fingerprint density at radius 2 is 1.80 bits per heavy atom. The van der Waals surface area contributed by atoms with Crippen LogP contribution in [-0.4, -0.2) is 37.4 Å². The molecule has 8 nitrogen and oxygen atoms in total. The third-order valence-corrected chi connectivity index (χ3v) is 5.41. The van der Waals surface area contributed by atoms with Gasteiger partial charge in [-0.3, -0.25) is 20.7 Å². The van der Waals surface area contributed by atoms with Crippen molar-refractivity contribution in [3.05, 3.63) is 52.1 Å². The molecule has 1 heterocycles. The zero-order chi connectivity index (χ0) is 21.7. The molecule has 1 aromatic heterocycles. The van der Waals surface area contributed by atoms with Gasteiger partial charge in [-0.2, -0.15) is 5.10 Å². The Labute approximate surface area is 183 Å². The van der Waals surface area contributed by atoms with E-state index in [1.54, 1.807) is 12.1 Å². The van der Waals surface area contributed by atoms with Crippen molar-refractivity contribution >= 4 is 27.5 Å². The molecule has 0 aliphatic rings. The van der Waals surface area contributed by atoms with Crippen LogP contribution in [-0.2, 0) is 11.2 Å². The lowest BCUT2D eigenvalue weighted by Crippen LogP contribution is -2.30. The van der Waals surface area contributed by atoms with Crippen molar-refractivity contribution in [2.45, 2.75) is 13.3 Å². The van der Waals surface area contributed by atoms with E-state index < -0.39 is 0 Å². The molecule has 0 bridgehead atoms. The van der Waals surface area contributed by atoms with Crippen molar-refractivity contribution in [3.8, 4) is 28.5 Å². The first-order chi connectivity index (χ1) is 14.5. The number of benzene rings is 2. The van der Waals surface area contributed by atoms with Crippen LogP contribution in [0.25, 0.3) is 11.3 Å². The lowest BCUT2D eigenvalue weighted by molar-refractivity contribution is -0.119. The molecule has 0 saturated heterocycles. The summed E-state index contributed by atoms with van der Waals surface area (Å²) in [5.41, 5.74) is 9.78. The average Bonchev–Trinajstić information content (AvgIpc) is 3.10. The highest BCUT2D eigenvalue weighted by Crippen LogP contribution is 2.38. The number of amides is 1. The van der Waals surface area contributed by atoms with E-state index >= 15 is 0 Å². The number of nitrogens with one attached hydrogen (secondary N) is 3. The number of hydrazine groups is 1. The van der Waals surface area contributed by atoms with E-state index in [4.69, 9.17) is 14.2 Å². The van der Waals surface area contributed by atoms with Crippen LogP contribution in [0.4, 0.5) is 5.69 Å². The summed E-state index contributed by atoms with van der Waals surface area (Å²) in [5.74, 6) is 1.27. The first-order valence-corrected chi connectivity index (χ1v) is 9.90. The highest BCUT2D eigenvalue weighted by Gasteiger charge is 2.15. The summed E-state index contributed by atoms with van der Waals surface area (Å²) < 4.78 is 16.9. The maximum atomic E-state index is 12.4. The number of nitrogens with zero attached hydrogens (tertiary/aromatic N) is 1. The molecule has 3 rings (SSSR count). The van der Waals surface area contributed by atoms with Gasteiger partial charge in [0.25, 0.3) is 0 Å². The van der Waals surface area contributed by atoms with Gasteiger partial charge in [0.1, 0.15) is 5.69 Å². The average molecular weight is 475 g/mol. The number of carbonyl (C=O) groups excluding carboxylic acids is 1. The maximum absolute atomic E-state index is 12.4. The van der Waals surface area contributed by atoms with Gasteiger partial charge < -0.3 is 14.2 Å². The summed E-state index contributed by atoms with van der Waals surface area (Å²) in [6.45, 7) is 1.94. The van der Waals surface area contributed by atoms with Crippen LogP contribution in [0.3, 0.4) is 0 Å². The van der Waals surface area contributed by atoms with Gasteiger partial charge >= 0.3 is 0 Å². The smallest absolute Gasteiger partial charge is 0.242 e. The second kappa shape index (κ2) is 9.53. The molecule has 0 saturated carbocycles. The molecular weight excluding hydrogens is 452 g/mol. The molecule has 30 heavy (non-hydrogen) atoms. The van der Waals surface area contributed by atoms with E-state index in [1.165, 1.54) is 21.3 Å². The minimum atomic E-state index is -0.216. The molecule has 3 aromatic rings. The minimum absolute atomic E-state index is 0.132. The molecule has 0 fully saturated rings. The Balaban J connectivity index is 1.68. The summed E-state index contributed by atoms with van der Waals surface area (Å²) >= 11 is 3.53. The third-order valence-electron chi connectivity index (χ3n) is 4.44. The fraction of sp³-hybridized carbons (Fsp3) is 0.238. The number of aromatic amines is 1. The molecule has 0 spiro atoms. The standard InChI is InChI=1S/C21H23BrN4O4/c1-12-19(22)20(26-23-12)14-6-5-7-15(11-14)24-25-18(27)10-13-8-16(28-2)21(30-4)17(9-13)29-3/h5-9,11,24H,10H2,1-4H3,(H,23,26)(H,25,27). The van der Waals surface area contributed by atoms with Crippen molar-refractivity contribution in [3.63, 3.8) is 0 Å². The highest BCUT2D eigenvalue weighted by molar-refractivity contribution is 9.10. The van der Waals surface area contributed by atoms with Crippen LogP contribution in [0.2, 0.25) is 0 Å². The molecule has 0 aliphatic carbocycles. The second-order valence-electron chi connectivity index (χ2n) is 6.48. The molecule has 3 N–H and O–H groups in total. The predicted octanol–water partition coefficient (Wildman–Crippen LogP) is 3.86. The number of halogens is 1. The molecule has 9 heteroatoms. The number of ether oxygens (including phenoxy) is 3. The lowest BCUT2D eigenvalue weighted by atomic mass is 10.1. The van der Waals surface area contributed by atoms with Gasteiger partial charge in [0, 0.05) is 11.3 Å². The van der Waals surface area contributed by atoms with Crippen LogP contribution in [0, 0.1) is 6.92 Å². The molecule has 0 aliphatic heterocycles. The molecular formula is C21H23BrN4O4. The number of aromatic nitrogens is 2. The number of hydrogen-bond donors (Lipinski definition) is 3. The Morgan fingerprint density at radius 3 is 2.37 bits per heavy atom. The Bertz CT molecular complexity index is 1030. The van der Waals surface area contributed by atoms with Crippen molar-refractivity contribution in [1.29, 1.82) is 0 Å². The Kier molecular flexibility index (Phi) is 6.83. The van der Waals surface area contributed by atoms with E-state index in [0.717, 1.165) is 32.7 Å². The molecule has 2 aromatic carbocycles. The SMILES string of the molecule is COc1cc(CC(=O)NNc2cccc(-c3n[nH]c(C)c3Br)c2)cc(OC)c1OC. The summed E-state index contributed by atoms with van der Waals surface area (Å²) in [6, 6.07) is 11.1. The summed E-state index contributed by atoms with van der Waals surface area (Å²) in [4.78, 5) is 12.4. The number of methoxy groups -OCH3 is 3. The molecule has 158 valence electrons. The first kappa shape index (κ1) is 21.5. The molecule has 1 amide bonds. The zero-order valence-corrected chi connectivity index (χ0v) is 18.7. The van der Waals surface area contributed by atoms with Gasteiger partial charge in [-0.05, 0) is 52.7 Å². The number of hydrogen-bond acceptors (Lipinski definition) is 6. The van der Waals surface area contributed by atoms with E-state index in [-0.39, 0.29) is 12.3 Å². The third kappa shape index (κ3) is 4.68. The number of H-pyrrole nitrogens is 1. The maximum Gasteiger partial charge on any atom is 0.242 e. The normalized spacial score (nSPS) is 10.4. The predicted molar refractivity (Wildman–Crippen MR) is 118 cm³/mol. The van der Waals surface area contributed by atoms with E-state index in [9.17, 15) is 4.79 Å². The summed E-state index contributed by atoms with van der Waals surface area (Å²) in [7, 11) is 4.61. The second-order valence-corrected chi connectivity index (χ2v) is 7.27. The molecule has 0 radical (unpaired) electrons. The fourth-order valence-electron chi connectivity index (χ4n) is 2.96. The number of rotatable bonds is 8. The van der Waals surface area contributed by atoms with Crippen molar-refractivity contribution in [2.24, 2.45) is 0 Å². The number of aryl methyl sites for hydroxylation is 1. The molecule has 0 unspecified atom stereocenters. The Hall–Kier alpha value is -3.20. The van der Waals surface area contributed by atoms with Gasteiger partial charge in [0.2, 0.25) is 11.7 Å². The van der Waals surface area contributed by atoms with Gasteiger partial charge in [0.15, 0.2) is 11.5 Å². The van der Waals surface area contributed by atoms with Crippen molar-refractivity contribution < 1.29 is 19.0 Å². The van der Waals surface area contributed by atoms with Crippen LogP contribution in [0.5, 0.6) is 17.2 Å². The van der Waals surface area contributed by atoms with Gasteiger partial charge in [0.05, 0.1) is 37.9 Å². The highest BCUT2D eigenvalue weighted by atomic mass is 79.9. The fourth-order valence-corrected chi connectivity index (χ4v) is 3.37. The number of carbonyl (C=O) groups is 1. The van der Waals surface area contributed by atoms with Crippen molar-refractivity contribution in [2.75, 3.05) is 26.8 Å². The lowest BCUT2D eigenvalue weighted by Gasteiger charge is -2.14. The monoisotopic (exact) mass is 474 g/mol. The topological polar surface area (TPSA) is 97.5 Å². The summed E-state index contributed by atoms with van der Waals surface area (Å²) in [6.07, 6.45) is 0.132. The zero-order valence-electron chi connectivity index (χ0n) is 17.1. The van der Waals surface area contributed by atoms with Crippen LogP contribution in [0.15, 0.2) is 40.9 Å². The van der Waals surface area contributed by atoms with Crippen LogP contribution < -0.4 is 25.1 Å². The van der Waals surface area contributed by atoms with Gasteiger partial charge in [-0.25, -0.2) is 0 Å². The Morgan fingerprint density at radius 1 is 1.10 bits per heavy atom. The largest absolute Gasteiger partial charge is 0.493 e. The van der Waals surface area contributed by atoms with E-state index in [1.807, 2.05) is 31.2 Å². The first-order valence-electron chi connectivity index (χ1n) is 9.11. The molecule has 0 atom stereocenters. The van der Waals surface area contributed by atoms with E-state index in [0.29, 0.717) is 17.2 Å².